The van der Waals surface area contributed by atoms with Crippen molar-refractivity contribution in [2.45, 2.75) is 40.7 Å². The van der Waals surface area contributed by atoms with Crippen molar-refractivity contribution in [2.75, 3.05) is 13.2 Å². The van der Waals surface area contributed by atoms with Gasteiger partial charge in [0.1, 0.15) is 5.75 Å². The second kappa shape index (κ2) is 7.57. The summed E-state index contributed by atoms with van der Waals surface area (Å²) in [7, 11) is 0. The third kappa shape index (κ3) is 4.55. The number of hydrogen-bond donors (Lipinski definition) is 1. The van der Waals surface area contributed by atoms with E-state index < -0.39 is 0 Å². The fourth-order valence-electron chi connectivity index (χ4n) is 2.19. The smallest absolute Gasteiger partial charge is 0.122 e. The maximum Gasteiger partial charge on any atom is 0.122 e. The summed E-state index contributed by atoms with van der Waals surface area (Å²) in [6.45, 7) is 11.0. The fraction of sp³-hybridized carbons (Fsp3) is 0.471. The van der Waals surface area contributed by atoms with Crippen LogP contribution in [0.25, 0.3) is 0 Å². The molecule has 21 heavy (non-hydrogen) atoms. The number of rotatable bonds is 7. The molecular formula is C17H24N2OS. The van der Waals surface area contributed by atoms with Crippen molar-refractivity contribution in [3.05, 3.63) is 44.9 Å². The van der Waals surface area contributed by atoms with E-state index in [1.807, 2.05) is 6.20 Å². The first-order chi connectivity index (χ1) is 10.1. The predicted molar refractivity (Wildman–Crippen MR) is 89.3 cm³/mol. The van der Waals surface area contributed by atoms with Crippen molar-refractivity contribution in [1.82, 2.24) is 10.3 Å². The van der Waals surface area contributed by atoms with Crippen molar-refractivity contribution in [2.24, 2.45) is 0 Å². The highest BCUT2D eigenvalue weighted by atomic mass is 32.1. The van der Waals surface area contributed by atoms with Crippen LogP contribution in [0.3, 0.4) is 0 Å². The Balaban J connectivity index is 1.88. The quantitative estimate of drug-likeness (QED) is 0.845. The van der Waals surface area contributed by atoms with Gasteiger partial charge in [0.15, 0.2) is 0 Å². The SMILES string of the molecule is CCNCc1cnc(CCOc2cc(C)cc(C)c2C)s1. The Kier molecular flexibility index (Phi) is 5.76. The molecule has 4 heteroatoms. The molecular weight excluding hydrogens is 280 g/mol. The van der Waals surface area contributed by atoms with Crippen LogP contribution in [-0.4, -0.2) is 18.1 Å². The van der Waals surface area contributed by atoms with Gasteiger partial charge in [0.2, 0.25) is 0 Å². The molecule has 1 heterocycles. The molecule has 1 N–H and O–H groups in total. The monoisotopic (exact) mass is 304 g/mol. The topological polar surface area (TPSA) is 34.2 Å². The van der Waals surface area contributed by atoms with Crippen molar-refractivity contribution < 1.29 is 4.74 Å². The summed E-state index contributed by atoms with van der Waals surface area (Å²) in [4.78, 5) is 5.74. The maximum absolute atomic E-state index is 5.94. The van der Waals surface area contributed by atoms with Crippen molar-refractivity contribution >= 4 is 11.3 Å². The third-order valence-electron chi connectivity index (χ3n) is 3.49. The minimum Gasteiger partial charge on any atom is -0.493 e. The van der Waals surface area contributed by atoms with Crippen LogP contribution >= 0.6 is 11.3 Å². The lowest BCUT2D eigenvalue weighted by atomic mass is 10.1. The first-order valence-corrected chi connectivity index (χ1v) is 8.26. The molecule has 0 aliphatic carbocycles. The number of aromatic nitrogens is 1. The molecule has 0 radical (unpaired) electrons. The molecule has 0 atom stereocenters. The Morgan fingerprint density at radius 1 is 1.24 bits per heavy atom. The molecule has 2 rings (SSSR count). The predicted octanol–water partition coefficient (Wildman–Crippen LogP) is 3.80. The summed E-state index contributed by atoms with van der Waals surface area (Å²) in [5.41, 5.74) is 3.76. The van der Waals surface area contributed by atoms with Gasteiger partial charge in [0.05, 0.1) is 11.6 Å². The van der Waals surface area contributed by atoms with Gasteiger partial charge in [0.25, 0.3) is 0 Å². The average Bonchev–Trinajstić information content (AvgIpc) is 2.89. The van der Waals surface area contributed by atoms with Gasteiger partial charge in [-0.3, -0.25) is 0 Å². The molecule has 0 unspecified atom stereocenters. The van der Waals surface area contributed by atoms with Gasteiger partial charge in [-0.25, -0.2) is 4.98 Å². The van der Waals surface area contributed by atoms with Crippen molar-refractivity contribution in [1.29, 1.82) is 0 Å². The largest absolute Gasteiger partial charge is 0.493 e. The van der Waals surface area contributed by atoms with E-state index in [0.29, 0.717) is 6.61 Å². The van der Waals surface area contributed by atoms with Gasteiger partial charge < -0.3 is 10.1 Å². The molecule has 0 spiro atoms. The Hall–Kier alpha value is -1.39. The van der Waals surface area contributed by atoms with Crippen LogP contribution in [0.15, 0.2) is 18.3 Å². The molecule has 0 bridgehead atoms. The second-order valence-corrected chi connectivity index (χ2v) is 6.50. The summed E-state index contributed by atoms with van der Waals surface area (Å²) >= 11 is 1.76. The lowest BCUT2D eigenvalue weighted by Crippen LogP contribution is -2.10. The minimum absolute atomic E-state index is 0.678. The van der Waals surface area contributed by atoms with Crippen LogP contribution in [0, 0.1) is 20.8 Å². The molecule has 2 aromatic rings. The number of thiazole rings is 1. The molecule has 1 aromatic heterocycles. The zero-order valence-electron chi connectivity index (χ0n) is 13.3. The van der Waals surface area contributed by atoms with Gasteiger partial charge in [-0.2, -0.15) is 0 Å². The molecule has 114 valence electrons. The first kappa shape index (κ1) is 16.0. The number of ether oxygens (including phenoxy) is 1. The zero-order valence-corrected chi connectivity index (χ0v) is 14.1. The van der Waals surface area contributed by atoms with Crippen LogP contribution in [0.1, 0.15) is 33.5 Å². The van der Waals surface area contributed by atoms with Crippen LogP contribution in [0.5, 0.6) is 5.75 Å². The Morgan fingerprint density at radius 2 is 2.05 bits per heavy atom. The van der Waals surface area contributed by atoms with E-state index in [0.717, 1.165) is 30.3 Å². The van der Waals surface area contributed by atoms with Gasteiger partial charge in [-0.15, -0.1) is 11.3 Å². The second-order valence-electron chi connectivity index (χ2n) is 5.30. The van der Waals surface area contributed by atoms with E-state index >= 15 is 0 Å². The van der Waals surface area contributed by atoms with Gasteiger partial charge in [0, 0.05) is 24.0 Å². The van der Waals surface area contributed by atoms with Crippen LogP contribution < -0.4 is 10.1 Å². The van der Waals surface area contributed by atoms with Crippen LogP contribution in [-0.2, 0) is 13.0 Å². The number of benzene rings is 1. The van der Waals surface area contributed by atoms with E-state index in [2.05, 4.69) is 50.1 Å². The number of hydrogen-bond acceptors (Lipinski definition) is 4. The molecule has 0 fully saturated rings. The van der Waals surface area contributed by atoms with Crippen LogP contribution in [0.4, 0.5) is 0 Å². The lowest BCUT2D eigenvalue weighted by molar-refractivity contribution is 0.319. The summed E-state index contributed by atoms with van der Waals surface area (Å²) in [5, 5.41) is 4.46. The highest BCUT2D eigenvalue weighted by Gasteiger charge is 2.06. The highest BCUT2D eigenvalue weighted by Crippen LogP contribution is 2.23. The number of nitrogens with zero attached hydrogens (tertiary/aromatic N) is 1. The van der Waals surface area contributed by atoms with E-state index in [4.69, 9.17) is 4.74 Å². The van der Waals surface area contributed by atoms with E-state index in [1.54, 1.807) is 11.3 Å². The maximum atomic E-state index is 5.94. The number of nitrogens with one attached hydrogen (secondary N) is 1. The minimum atomic E-state index is 0.678. The third-order valence-corrected chi connectivity index (χ3v) is 4.55. The zero-order chi connectivity index (χ0) is 15.2. The average molecular weight is 304 g/mol. The van der Waals surface area contributed by atoms with Crippen molar-refractivity contribution in [3.63, 3.8) is 0 Å². The summed E-state index contributed by atoms with van der Waals surface area (Å²) < 4.78 is 5.94. The summed E-state index contributed by atoms with van der Waals surface area (Å²) in [5.74, 6) is 0.997. The van der Waals surface area contributed by atoms with E-state index in [1.165, 1.54) is 21.6 Å². The van der Waals surface area contributed by atoms with Gasteiger partial charge in [-0.1, -0.05) is 13.0 Å². The normalized spacial score (nSPS) is 10.9. The Morgan fingerprint density at radius 3 is 2.81 bits per heavy atom. The van der Waals surface area contributed by atoms with E-state index in [-0.39, 0.29) is 0 Å². The standard InChI is InChI=1S/C17H24N2OS/c1-5-18-10-15-11-19-17(21-15)6-7-20-16-9-12(2)8-13(3)14(16)4/h8-9,11,18H,5-7,10H2,1-4H3. The molecule has 1 aromatic carbocycles. The fourth-order valence-corrected chi connectivity index (χ4v) is 3.07. The molecule has 0 saturated carbocycles. The molecule has 0 aliphatic heterocycles. The molecule has 0 aliphatic rings. The Labute approximate surface area is 131 Å². The summed E-state index contributed by atoms with van der Waals surface area (Å²) in [6.07, 6.45) is 2.83. The number of aryl methyl sites for hydroxylation is 2. The lowest BCUT2D eigenvalue weighted by Gasteiger charge is -2.11. The van der Waals surface area contributed by atoms with Gasteiger partial charge >= 0.3 is 0 Å². The Bertz CT molecular complexity index is 592. The van der Waals surface area contributed by atoms with Crippen LogP contribution in [0.2, 0.25) is 0 Å². The summed E-state index contributed by atoms with van der Waals surface area (Å²) in [6, 6.07) is 4.30. The molecule has 0 amide bonds. The first-order valence-electron chi connectivity index (χ1n) is 7.45. The molecule has 3 nitrogen and oxygen atoms in total. The highest BCUT2D eigenvalue weighted by molar-refractivity contribution is 7.11. The van der Waals surface area contributed by atoms with Crippen molar-refractivity contribution in [3.8, 4) is 5.75 Å². The molecule has 0 saturated heterocycles. The van der Waals surface area contributed by atoms with E-state index in [9.17, 15) is 0 Å². The van der Waals surface area contributed by atoms with Gasteiger partial charge in [-0.05, 0) is 50.1 Å².